The molecule has 2 aromatic carbocycles. The van der Waals surface area contributed by atoms with Crippen molar-refractivity contribution in [3.8, 4) is 11.5 Å². The van der Waals surface area contributed by atoms with Gasteiger partial charge in [0.1, 0.15) is 0 Å². The summed E-state index contributed by atoms with van der Waals surface area (Å²) in [7, 11) is 0. The van der Waals surface area contributed by atoms with Crippen molar-refractivity contribution in [2.24, 2.45) is 0 Å². The second kappa shape index (κ2) is 5.72. The number of aromatic hydroxyl groups is 2. The predicted molar refractivity (Wildman–Crippen MR) is 76.1 cm³/mol. The van der Waals surface area contributed by atoms with Crippen LogP contribution >= 0.6 is 11.6 Å². The first-order valence-corrected chi connectivity index (χ1v) is 6.12. The number of halogens is 1. The van der Waals surface area contributed by atoms with E-state index in [-0.39, 0.29) is 27.6 Å². The summed E-state index contributed by atoms with van der Waals surface area (Å²) in [5, 5.41) is 30.3. The Kier molecular flexibility index (Phi) is 4.00. The van der Waals surface area contributed by atoms with Crippen molar-refractivity contribution in [2.45, 2.75) is 0 Å². The molecule has 0 unspecified atom stereocenters. The van der Waals surface area contributed by atoms with Gasteiger partial charge in [-0.15, -0.1) is 0 Å². The van der Waals surface area contributed by atoms with Gasteiger partial charge in [0, 0.05) is 10.6 Å². The minimum atomic E-state index is -1.23. The van der Waals surface area contributed by atoms with E-state index in [4.69, 9.17) is 16.7 Å². The third-order valence-electron chi connectivity index (χ3n) is 2.70. The van der Waals surface area contributed by atoms with E-state index in [9.17, 15) is 19.8 Å². The minimum Gasteiger partial charge on any atom is -0.504 e. The van der Waals surface area contributed by atoms with Crippen molar-refractivity contribution in [3.05, 3.63) is 52.5 Å². The highest BCUT2D eigenvalue weighted by molar-refractivity contribution is 6.31. The van der Waals surface area contributed by atoms with E-state index < -0.39 is 17.6 Å². The lowest BCUT2D eigenvalue weighted by molar-refractivity contribution is 0.0698. The lowest BCUT2D eigenvalue weighted by atomic mass is 10.1. The average molecular weight is 308 g/mol. The SMILES string of the molecule is O=C(Nc1ccc(Cl)cc1C(=O)O)c1ccc(O)c(O)c1. The van der Waals surface area contributed by atoms with Crippen LogP contribution in [-0.4, -0.2) is 27.2 Å². The second-order valence-electron chi connectivity index (χ2n) is 4.15. The van der Waals surface area contributed by atoms with E-state index in [1.165, 1.54) is 24.3 Å². The molecular weight excluding hydrogens is 298 g/mol. The van der Waals surface area contributed by atoms with E-state index in [1.54, 1.807) is 0 Å². The number of carbonyl (C=O) groups is 2. The smallest absolute Gasteiger partial charge is 0.337 e. The first-order chi connectivity index (χ1) is 9.88. The van der Waals surface area contributed by atoms with E-state index in [0.29, 0.717) is 0 Å². The number of anilines is 1. The third-order valence-corrected chi connectivity index (χ3v) is 2.93. The Morgan fingerprint density at radius 1 is 1.00 bits per heavy atom. The summed E-state index contributed by atoms with van der Waals surface area (Å²) in [6.45, 7) is 0. The van der Waals surface area contributed by atoms with Crippen molar-refractivity contribution in [3.63, 3.8) is 0 Å². The quantitative estimate of drug-likeness (QED) is 0.652. The molecule has 0 atom stereocenters. The number of carbonyl (C=O) groups excluding carboxylic acids is 1. The maximum absolute atomic E-state index is 12.0. The molecule has 0 aromatic heterocycles. The highest BCUT2D eigenvalue weighted by Crippen LogP contribution is 2.26. The summed E-state index contributed by atoms with van der Waals surface area (Å²) in [4.78, 5) is 23.1. The van der Waals surface area contributed by atoms with Crippen LogP contribution < -0.4 is 5.32 Å². The number of hydrogen-bond acceptors (Lipinski definition) is 4. The summed E-state index contributed by atoms with van der Waals surface area (Å²) in [6, 6.07) is 7.54. The number of aromatic carboxylic acids is 1. The van der Waals surface area contributed by atoms with Gasteiger partial charge in [0.25, 0.3) is 5.91 Å². The first kappa shape index (κ1) is 14.7. The minimum absolute atomic E-state index is 0.0663. The first-order valence-electron chi connectivity index (χ1n) is 5.74. The number of carboxylic acid groups (broad SMARTS) is 1. The van der Waals surface area contributed by atoms with Crippen LogP contribution in [0.5, 0.6) is 11.5 Å². The summed E-state index contributed by atoms with van der Waals surface area (Å²) >= 11 is 5.72. The van der Waals surface area contributed by atoms with E-state index in [0.717, 1.165) is 12.1 Å². The van der Waals surface area contributed by atoms with Gasteiger partial charge in [0.15, 0.2) is 11.5 Å². The maximum atomic E-state index is 12.0. The van der Waals surface area contributed by atoms with Crippen LogP contribution in [0.1, 0.15) is 20.7 Å². The Hall–Kier alpha value is -2.73. The molecule has 0 aliphatic rings. The Bertz CT molecular complexity index is 729. The van der Waals surface area contributed by atoms with Crippen LogP contribution in [0.4, 0.5) is 5.69 Å². The van der Waals surface area contributed by atoms with E-state index in [2.05, 4.69) is 5.32 Å². The number of phenols is 2. The van der Waals surface area contributed by atoms with E-state index in [1.807, 2.05) is 0 Å². The molecule has 0 bridgehead atoms. The summed E-state index contributed by atoms with van der Waals surface area (Å²) in [6.07, 6.45) is 0. The monoisotopic (exact) mass is 307 g/mol. The largest absolute Gasteiger partial charge is 0.504 e. The van der Waals surface area contributed by atoms with E-state index >= 15 is 0 Å². The van der Waals surface area contributed by atoms with Crippen molar-refractivity contribution in [2.75, 3.05) is 5.32 Å². The number of nitrogens with one attached hydrogen (secondary N) is 1. The summed E-state index contributed by atoms with van der Waals surface area (Å²) in [5.41, 5.74) is -0.0140. The van der Waals surface area contributed by atoms with Gasteiger partial charge < -0.3 is 20.6 Å². The number of benzene rings is 2. The number of hydrogen-bond donors (Lipinski definition) is 4. The fourth-order valence-electron chi connectivity index (χ4n) is 1.66. The van der Waals surface area contributed by atoms with Gasteiger partial charge in [0.2, 0.25) is 0 Å². The highest BCUT2D eigenvalue weighted by Gasteiger charge is 2.15. The van der Waals surface area contributed by atoms with Gasteiger partial charge >= 0.3 is 5.97 Å². The van der Waals surface area contributed by atoms with Gasteiger partial charge in [-0.25, -0.2) is 4.79 Å². The molecule has 0 saturated carbocycles. The number of carboxylic acids is 1. The van der Waals surface area contributed by atoms with Crippen LogP contribution in [0.15, 0.2) is 36.4 Å². The average Bonchev–Trinajstić information content (AvgIpc) is 2.43. The molecule has 0 fully saturated rings. The fraction of sp³-hybridized carbons (Fsp3) is 0. The summed E-state index contributed by atoms with van der Waals surface area (Å²) < 4.78 is 0. The van der Waals surface area contributed by atoms with Gasteiger partial charge in [-0.05, 0) is 36.4 Å². The van der Waals surface area contributed by atoms with Crippen LogP contribution in [0, 0.1) is 0 Å². The molecule has 0 heterocycles. The van der Waals surface area contributed by atoms with Crippen LogP contribution in [0.2, 0.25) is 5.02 Å². The van der Waals surface area contributed by atoms with Crippen LogP contribution in [-0.2, 0) is 0 Å². The molecule has 21 heavy (non-hydrogen) atoms. The molecule has 6 nitrogen and oxygen atoms in total. The molecular formula is C14H10ClNO5. The standard InChI is InChI=1S/C14H10ClNO5/c15-8-2-3-10(9(6-8)14(20)21)16-13(19)7-1-4-11(17)12(18)5-7/h1-6,17-18H,(H,16,19)(H,20,21). The van der Waals surface area contributed by atoms with Crippen LogP contribution in [0.3, 0.4) is 0 Å². The number of amides is 1. The number of rotatable bonds is 3. The topological polar surface area (TPSA) is 107 Å². The van der Waals surface area contributed by atoms with Crippen molar-refractivity contribution >= 4 is 29.2 Å². The number of phenolic OH excluding ortho intramolecular Hbond substituents is 2. The molecule has 1 amide bonds. The van der Waals surface area contributed by atoms with Crippen molar-refractivity contribution in [1.29, 1.82) is 0 Å². The predicted octanol–water partition coefficient (Wildman–Crippen LogP) is 2.70. The Morgan fingerprint density at radius 3 is 2.33 bits per heavy atom. The Morgan fingerprint density at radius 2 is 1.71 bits per heavy atom. The zero-order valence-electron chi connectivity index (χ0n) is 10.5. The highest BCUT2D eigenvalue weighted by atomic mass is 35.5. The van der Waals surface area contributed by atoms with Gasteiger partial charge in [0.05, 0.1) is 11.3 Å². The summed E-state index contributed by atoms with van der Waals surface area (Å²) in [5.74, 6) is -2.67. The third kappa shape index (κ3) is 3.24. The van der Waals surface area contributed by atoms with Crippen molar-refractivity contribution < 1.29 is 24.9 Å². The molecule has 0 aliphatic carbocycles. The molecule has 2 aromatic rings. The molecule has 0 saturated heterocycles. The normalized spacial score (nSPS) is 10.1. The van der Waals surface area contributed by atoms with Gasteiger partial charge in [-0.1, -0.05) is 11.6 Å². The van der Waals surface area contributed by atoms with Crippen molar-refractivity contribution in [1.82, 2.24) is 0 Å². The zero-order valence-corrected chi connectivity index (χ0v) is 11.3. The molecule has 108 valence electrons. The Balaban J connectivity index is 2.31. The Labute approximate surface area is 124 Å². The molecule has 7 heteroatoms. The lowest BCUT2D eigenvalue weighted by Gasteiger charge is -2.09. The molecule has 0 aliphatic heterocycles. The molecule has 0 spiro atoms. The molecule has 2 rings (SSSR count). The zero-order chi connectivity index (χ0) is 15.6. The van der Waals surface area contributed by atoms with Gasteiger partial charge in [-0.3, -0.25) is 4.79 Å². The lowest BCUT2D eigenvalue weighted by Crippen LogP contribution is -2.14. The second-order valence-corrected chi connectivity index (χ2v) is 4.59. The maximum Gasteiger partial charge on any atom is 0.337 e. The van der Waals surface area contributed by atoms with Gasteiger partial charge in [-0.2, -0.15) is 0 Å². The fourth-order valence-corrected chi connectivity index (χ4v) is 1.83. The molecule has 0 radical (unpaired) electrons. The van der Waals surface area contributed by atoms with Crippen LogP contribution in [0.25, 0.3) is 0 Å². The molecule has 4 N–H and O–H groups in total.